The van der Waals surface area contributed by atoms with Crippen molar-refractivity contribution in [1.29, 1.82) is 0 Å². The first-order valence-electron chi connectivity index (χ1n) is 7.80. The van der Waals surface area contributed by atoms with Crippen molar-refractivity contribution < 1.29 is 24.0 Å². The second kappa shape index (κ2) is 8.55. The van der Waals surface area contributed by atoms with Crippen LogP contribution in [0.1, 0.15) is 40.0 Å². The molecular formula is C16H24N2O5. The normalized spacial score (nSPS) is 26.5. The van der Waals surface area contributed by atoms with Crippen molar-refractivity contribution in [2.45, 2.75) is 52.1 Å². The number of carbonyl (C=O) groups excluding carboxylic acids is 5. The van der Waals surface area contributed by atoms with Crippen molar-refractivity contribution in [1.82, 2.24) is 10.6 Å². The molecule has 0 radical (unpaired) electrons. The van der Waals surface area contributed by atoms with Gasteiger partial charge >= 0.3 is 0 Å². The van der Waals surface area contributed by atoms with Crippen LogP contribution in [0.3, 0.4) is 0 Å². The summed E-state index contributed by atoms with van der Waals surface area (Å²) in [5.41, 5.74) is 0. The lowest BCUT2D eigenvalue weighted by molar-refractivity contribution is -0.135. The topological polar surface area (TPSA) is 109 Å². The molecule has 1 aliphatic rings. The van der Waals surface area contributed by atoms with Crippen molar-refractivity contribution in [3.8, 4) is 0 Å². The number of Topliss-reactive ketones (excluding diaryl/α,β-unsaturated/α-hetero) is 1. The third kappa shape index (κ3) is 5.58. The van der Waals surface area contributed by atoms with E-state index in [-0.39, 0.29) is 23.5 Å². The first-order valence-corrected chi connectivity index (χ1v) is 7.80. The van der Waals surface area contributed by atoms with E-state index in [0.29, 0.717) is 31.8 Å². The smallest absolute Gasteiger partial charge is 0.223 e. The van der Waals surface area contributed by atoms with E-state index in [1.54, 1.807) is 13.8 Å². The lowest BCUT2D eigenvalue weighted by Crippen LogP contribution is -2.46. The molecule has 0 aromatic carbocycles. The predicted octanol–water partition coefficient (Wildman–Crippen LogP) is 0.0151. The molecule has 128 valence electrons. The van der Waals surface area contributed by atoms with Gasteiger partial charge in [-0.1, -0.05) is 0 Å². The average Bonchev–Trinajstić information content (AvgIpc) is 2.53. The summed E-state index contributed by atoms with van der Waals surface area (Å²) in [5.74, 6) is -2.07. The molecule has 0 spiro atoms. The van der Waals surface area contributed by atoms with Crippen LogP contribution >= 0.6 is 0 Å². The molecule has 23 heavy (non-hydrogen) atoms. The van der Waals surface area contributed by atoms with Gasteiger partial charge in [-0.15, -0.1) is 0 Å². The van der Waals surface area contributed by atoms with E-state index in [0.717, 1.165) is 0 Å². The summed E-state index contributed by atoms with van der Waals surface area (Å²) in [7, 11) is 0. The van der Waals surface area contributed by atoms with E-state index in [9.17, 15) is 24.0 Å². The Labute approximate surface area is 135 Å². The third-order valence-corrected chi connectivity index (χ3v) is 4.17. The maximum absolute atomic E-state index is 12.2. The molecule has 7 heteroatoms. The maximum Gasteiger partial charge on any atom is 0.223 e. The van der Waals surface area contributed by atoms with Gasteiger partial charge in [-0.3, -0.25) is 14.4 Å². The van der Waals surface area contributed by atoms with E-state index in [2.05, 4.69) is 10.6 Å². The first-order chi connectivity index (χ1) is 10.8. The van der Waals surface area contributed by atoms with Gasteiger partial charge in [0.25, 0.3) is 0 Å². The fraction of sp³-hybridized carbons (Fsp3) is 0.688. The van der Waals surface area contributed by atoms with E-state index >= 15 is 0 Å². The molecule has 1 rings (SSSR count). The molecule has 0 bridgehead atoms. The van der Waals surface area contributed by atoms with Gasteiger partial charge in [-0.05, 0) is 40.0 Å². The molecule has 0 aromatic heterocycles. The summed E-state index contributed by atoms with van der Waals surface area (Å²) in [6.45, 7) is 4.57. The highest BCUT2D eigenvalue weighted by molar-refractivity contribution is 5.87. The molecule has 2 amide bonds. The SMILES string of the molecule is CC(=O)C1C[C@@H](C(=O)NC(C)C=O)C[C@@H](C(=O)NC(C)C=O)C1. The summed E-state index contributed by atoms with van der Waals surface area (Å²) in [5, 5.41) is 5.13. The van der Waals surface area contributed by atoms with Gasteiger partial charge in [-0.2, -0.15) is 0 Å². The Morgan fingerprint density at radius 1 is 0.826 bits per heavy atom. The number of nitrogens with one attached hydrogen (secondary N) is 2. The largest absolute Gasteiger partial charge is 0.347 e. The number of hydrogen-bond donors (Lipinski definition) is 2. The maximum atomic E-state index is 12.2. The van der Waals surface area contributed by atoms with Gasteiger partial charge in [0.2, 0.25) is 11.8 Å². The fourth-order valence-corrected chi connectivity index (χ4v) is 2.83. The zero-order valence-electron chi connectivity index (χ0n) is 13.7. The zero-order chi connectivity index (χ0) is 17.6. The van der Waals surface area contributed by atoms with Crippen LogP contribution in [0.5, 0.6) is 0 Å². The molecule has 3 unspecified atom stereocenters. The van der Waals surface area contributed by atoms with Crippen LogP contribution in [0.25, 0.3) is 0 Å². The Morgan fingerprint density at radius 2 is 1.17 bits per heavy atom. The van der Waals surface area contributed by atoms with Crippen molar-refractivity contribution in [3.63, 3.8) is 0 Å². The van der Waals surface area contributed by atoms with Gasteiger partial charge in [0.05, 0.1) is 12.1 Å². The second-order valence-electron chi connectivity index (χ2n) is 6.28. The summed E-state index contributed by atoms with van der Waals surface area (Å²) < 4.78 is 0. The molecule has 1 aliphatic carbocycles. The van der Waals surface area contributed by atoms with Gasteiger partial charge in [0.15, 0.2) is 0 Å². The highest BCUT2D eigenvalue weighted by Crippen LogP contribution is 2.34. The van der Waals surface area contributed by atoms with Crippen molar-refractivity contribution in [3.05, 3.63) is 0 Å². The van der Waals surface area contributed by atoms with Crippen molar-refractivity contribution >= 4 is 30.2 Å². The molecule has 0 aromatic rings. The number of ketones is 1. The van der Waals surface area contributed by atoms with Crippen molar-refractivity contribution in [2.24, 2.45) is 17.8 Å². The van der Waals surface area contributed by atoms with Crippen LogP contribution in [-0.2, 0) is 24.0 Å². The molecule has 1 saturated carbocycles. The highest BCUT2D eigenvalue weighted by Gasteiger charge is 2.38. The molecule has 7 nitrogen and oxygen atoms in total. The van der Waals surface area contributed by atoms with Crippen LogP contribution < -0.4 is 10.6 Å². The predicted molar refractivity (Wildman–Crippen MR) is 82.3 cm³/mol. The molecular weight excluding hydrogens is 300 g/mol. The molecule has 0 aliphatic heterocycles. The summed E-state index contributed by atoms with van der Waals surface area (Å²) >= 11 is 0. The first kappa shape index (κ1) is 19.0. The monoisotopic (exact) mass is 324 g/mol. The Morgan fingerprint density at radius 3 is 1.48 bits per heavy atom. The number of amides is 2. The Hall–Kier alpha value is -2.05. The highest BCUT2D eigenvalue weighted by atomic mass is 16.2. The minimum Gasteiger partial charge on any atom is -0.347 e. The summed E-state index contributed by atoms with van der Waals surface area (Å²) in [6, 6.07) is -1.22. The van der Waals surface area contributed by atoms with E-state index in [4.69, 9.17) is 0 Å². The molecule has 0 saturated heterocycles. The van der Waals surface area contributed by atoms with Gasteiger partial charge < -0.3 is 20.2 Å². The van der Waals surface area contributed by atoms with Crippen LogP contribution in [0.4, 0.5) is 0 Å². The molecule has 2 N–H and O–H groups in total. The number of aldehydes is 2. The minimum atomic E-state index is -0.609. The fourth-order valence-electron chi connectivity index (χ4n) is 2.83. The lowest BCUT2D eigenvalue weighted by atomic mass is 9.73. The zero-order valence-corrected chi connectivity index (χ0v) is 13.7. The standard InChI is InChI=1S/C16H24N2O5/c1-9(7-19)17-15(22)13-4-12(11(3)21)5-14(6-13)16(23)18-10(2)8-20/h7-10,12-14H,4-6H2,1-3H3,(H,17,22)(H,18,23)/t9?,10?,12?,13-,14+. The van der Waals surface area contributed by atoms with Crippen LogP contribution in [-0.4, -0.2) is 42.3 Å². The lowest BCUT2D eigenvalue weighted by Gasteiger charge is -2.33. The van der Waals surface area contributed by atoms with Crippen LogP contribution in [0.15, 0.2) is 0 Å². The Kier molecular flexibility index (Phi) is 7.06. The number of hydrogen-bond acceptors (Lipinski definition) is 5. The van der Waals surface area contributed by atoms with Crippen LogP contribution in [0, 0.1) is 17.8 Å². The van der Waals surface area contributed by atoms with Crippen molar-refractivity contribution in [2.75, 3.05) is 0 Å². The molecule has 5 atom stereocenters. The Balaban J connectivity index is 2.82. The van der Waals surface area contributed by atoms with E-state index in [1.165, 1.54) is 6.92 Å². The van der Waals surface area contributed by atoms with Gasteiger partial charge in [-0.25, -0.2) is 0 Å². The average molecular weight is 324 g/mol. The second-order valence-corrected chi connectivity index (χ2v) is 6.28. The Bertz CT molecular complexity index is 455. The minimum absolute atomic E-state index is 0.0628. The summed E-state index contributed by atoms with van der Waals surface area (Å²) in [6.07, 6.45) is 2.30. The third-order valence-electron chi connectivity index (χ3n) is 4.17. The number of carbonyl (C=O) groups is 5. The van der Waals surface area contributed by atoms with Gasteiger partial charge in [0, 0.05) is 17.8 Å². The quantitative estimate of drug-likeness (QED) is 0.641. The number of rotatable bonds is 7. The molecule has 0 heterocycles. The van der Waals surface area contributed by atoms with E-state index in [1.807, 2.05) is 0 Å². The van der Waals surface area contributed by atoms with E-state index < -0.39 is 23.9 Å². The van der Waals surface area contributed by atoms with Gasteiger partial charge in [0.1, 0.15) is 18.4 Å². The molecule has 1 fully saturated rings. The summed E-state index contributed by atoms with van der Waals surface area (Å²) in [4.78, 5) is 57.5. The van der Waals surface area contributed by atoms with Crippen LogP contribution in [0.2, 0.25) is 0 Å².